The molecule has 2 aromatic carbocycles. The Morgan fingerprint density at radius 1 is 1.17 bits per heavy atom. The van der Waals surface area contributed by atoms with E-state index >= 15 is 0 Å². The molecule has 4 heteroatoms. The van der Waals surface area contributed by atoms with Gasteiger partial charge in [0.1, 0.15) is 5.75 Å². The van der Waals surface area contributed by atoms with E-state index in [0.717, 1.165) is 25.4 Å². The van der Waals surface area contributed by atoms with E-state index < -0.39 is 0 Å². The molecule has 122 valence electrons. The van der Waals surface area contributed by atoms with Crippen LogP contribution in [0.5, 0.6) is 5.75 Å². The number of hydrogen-bond acceptors (Lipinski definition) is 4. The minimum atomic E-state index is 0.199. The van der Waals surface area contributed by atoms with Crippen molar-refractivity contribution in [3.05, 3.63) is 59.7 Å². The molecular formula is C19H24N2OS. The number of methoxy groups -OCH3 is 1. The van der Waals surface area contributed by atoms with Gasteiger partial charge in [0.2, 0.25) is 0 Å². The van der Waals surface area contributed by atoms with Crippen molar-refractivity contribution in [1.29, 1.82) is 0 Å². The molecule has 1 aliphatic rings. The van der Waals surface area contributed by atoms with Crippen molar-refractivity contribution in [3.8, 4) is 5.75 Å². The van der Waals surface area contributed by atoms with Crippen LogP contribution >= 0.6 is 11.8 Å². The number of thioether (sulfide) groups is 1. The second-order valence-electron chi connectivity index (χ2n) is 6.06. The van der Waals surface area contributed by atoms with Crippen LogP contribution in [0.15, 0.2) is 53.4 Å². The molecule has 1 heterocycles. The van der Waals surface area contributed by atoms with Crippen molar-refractivity contribution in [2.24, 2.45) is 5.73 Å². The van der Waals surface area contributed by atoms with Gasteiger partial charge in [-0.1, -0.05) is 36.4 Å². The van der Waals surface area contributed by atoms with Gasteiger partial charge < -0.3 is 10.5 Å². The van der Waals surface area contributed by atoms with Crippen molar-refractivity contribution in [2.45, 2.75) is 23.4 Å². The van der Waals surface area contributed by atoms with Crippen molar-refractivity contribution >= 4 is 11.8 Å². The van der Waals surface area contributed by atoms with Gasteiger partial charge in [-0.3, -0.25) is 4.90 Å². The Balaban J connectivity index is 1.70. The van der Waals surface area contributed by atoms with Crippen LogP contribution in [0.2, 0.25) is 0 Å². The fourth-order valence-electron chi connectivity index (χ4n) is 3.33. The Labute approximate surface area is 142 Å². The fraction of sp³-hybridized carbons (Fsp3) is 0.368. The van der Waals surface area contributed by atoms with Crippen LogP contribution in [0.3, 0.4) is 0 Å². The number of rotatable bonds is 5. The van der Waals surface area contributed by atoms with E-state index in [1.54, 1.807) is 18.9 Å². The Bertz CT molecular complexity index is 647. The molecule has 2 N–H and O–H groups in total. The Morgan fingerprint density at radius 2 is 1.96 bits per heavy atom. The summed E-state index contributed by atoms with van der Waals surface area (Å²) >= 11 is 1.71. The first kappa shape index (κ1) is 16.4. The summed E-state index contributed by atoms with van der Waals surface area (Å²) in [6.45, 7) is 2.87. The van der Waals surface area contributed by atoms with E-state index in [9.17, 15) is 0 Å². The quantitative estimate of drug-likeness (QED) is 0.854. The number of ether oxygens (including phenoxy) is 1. The standard InChI is InChI=1S/C19H24N2OS/c1-22-18-10-14(8-9-19(18)23-2)11-21-12-16(17(20)13-21)15-6-4-3-5-7-15/h3-10,16-17H,11-13,20H2,1-2H3/t16-,17+/m0/s1. The molecule has 1 aliphatic heterocycles. The number of benzene rings is 2. The van der Waals surface area contributed by atoms with Gasteiger partial charge in [0, 0.05) is 36.5 Å². The van der Waals surface area contributed by atoms with E-state index in [4.69, 9.17) is 10.5 Å². The van der Waals surface area contributed by atoms with Crippen LogP contribution in [0, 0.1) is 0 Å². The predicted octanol–water partition coefficient (Wildman–Crippen LogP) is 3.34. The van der Waals surface area contributed by atoms with E-state index in [1.807, 2.05) is 0 Å². The molecule has 3 rings (SSSR count). The van der Waals surface area contributed by atoms with Gasteiger partial charge in [-0.15, -0.1) is 11.8 Å². The van der Waals surface area contributed by atoms with Crippen LogP contribution in [0.4, 0.5) is 0 Å². The van der Waals surface area contributed by atoms with E-state index in [0.29, 0.717) is 5.92 Å². The number of nitrogens with two attached hydrogens (primary N) is 1. The average molecular weight is 328 g/mol. The van der Waals surface area contributed by atoms with E-state index in [-0.39, 0.29) is 6.04 Å². The summed E-state index contributed by atoms with van der Waals surface area (Å²) in [7, 11) is 1.73. The molecule has 2 atom stereocenters. The largest absolute Gasteiger partial charge is 0.496 e. The van der Waals surface area contributed by atoms with Crippen LogP contribution < -0.4 is 10.5 Å². The van der Waals surface area contributed by atoms with Crippen LogP contribution in [-0.2, 0) is 6.54 Å². The molecule has 1 fully saturated rings. The van der Waals surface area contributed by atoms with Gasteiger partial charge in [0.25, 0.3) is 0 Å². The molecule has 0 aliphatic carbocycles. The third-order valence-electron chi connectivity index (χ3n) is 4.52. The van der Waals surface area contributed by atoms with E-state index in [1.165, 1.54) is 16.0 Å². The lowest BCUT2D eigenvalue weighted by Crippen LogP contribution is -2.28. The highest BCUT2D eigenvalue weighted by Crippen LogP contribution is 2.31. The summed E-state index contributed by atoms with van der Waals surface area (Å²) in [4.78, 5) is 3.62. The molecule has 1 saturated heterocycles. The number of hydrogen-bond donors (Lipinski definition) is 1. The highest BCUT2D eigenvalue weighted by Gasteiger charge is 2.31. The first-order chi connectivity index (χ1) is 11.2. The van der Waals surface area contributed by atoms with Crippen LogP contribution in [0.1, 0.15) is 17.0 Å². The molecule has 2 aromatic rings. The second-order valence-corrected chi connectivity index (χ2v) is 6.91. The Morgan fingerprint density at radius 3 is 2.65 bits per heavy atom. The predicted molar refractivity (Wildman–Crippen MR) is 97.2 cm³/mol. The minimum Gasteiger partial charge on any atom is -0.496 e. The normalized spacial score (nSPS) is 21.5. The summed E-state index contributed by atoms with van der Waals surface area (Å²) in [6.07, 6.45) is 2.07. The van der Waals surface area contributed by atoms with Gasteiger partial charge in [0.05, 0.1) is 7.11 Å². The molecule has 0 amide bonds. The lowest BCUT2D eigenvalue weighted by molar-refractivity contribution is 0.322. The molecule has 3 nitrogen and oxygen atoms in total. The summed E-state index contributed by atoms with van der Waals surface area (Å²) in [6, 6.07) is 17.3. The molecular weight excluding hydrogens is 304 g/mol. The summed E-state index contributed by atoms with van der Waals surface area (Å²) in [5, 5.41) is 0. The van der Waals surface area contributed by atoms with Crippen molar-refractivity contribution in [3.63, 3.8) is 0 Å². The second kappa shape index (κ2) is 7.39. The maximum atomic E-state index is 6.39. The Kier molecular flexibility index (Phi) is 5.26. The lowest BCUT2D eigenvalue weighted by Gasteiger charge is -2.17. The Hall–Kier alpha value is -1.49. The fourth-order valence-corrected chi connectivity index (χ4v) is 3.88. The molecule has 23 heavy (non-hydrogen) atoms. The van der Waals surface area contributed by atoms with Gasteiger partial charge in [0.15, 0.2) is 0 Å². The summed E-state index contributed by atoms with van der Waals surface area (Å²) in [5.74, 6) is 1.38. The molecule has 0 aromatic heterocycles. The summed E-state index contributed by atoms with van der Waals surface area (Å²) < 4.78 is 5.49. The molecule has 0 bridgehead atoms. The zero-order valence-electron chi connectivity index (χ0n) is 13.7. The molecule has 0 radical (unpaired) electrons. The number of likely N-dealkylation sites (tertiary alicyclic amines) is 1. The monoisotopic (exact) mass is 328 g/mol. The van der Waals surface area contributed by atoms with Gasteiger partial charge in [-0.2, -0.15) is 0 Å². The first-order valence-electron chi connectivity index (χ1n) is 7.95. The zero-order chi connectivity index (χ0) is 16.2. The van der Waals surface area contributed by atoms with Gasteiger partial charge in [-0.25, -0.2) is 0 Å². The summed E-state index contributed by atoms with van der Waals surface area (Å²) in [5.41, 5.74) is 9.01. The number of nitrogens with zero attached hydrogens (tertiary/aromatic N) is 1. The maximum Gasteiger partial charge on any atom is 0.132 e. The maximum absolute atomic E-state index is 6.39. The van der Waals surface area contributed by atoms with Crippen molar-refractivity contribution in [2.75, 3.05) is 26.5 Å². The molecule has 0 unspecified atom stereocenters. The third-order valence-corrected chi connectivity index (χ3v) is 5.30. The van der Waals surface area contributed by atoms with Gasteiger partial charge in [-0.05, 0) is 29.5 Å². The lowest BCUT2D eigenvalue weighted by atomic mass is 9.95. The van der Waals surface area contributed by atoms with Crippen LogP contribution in [0.25, 0.3) is 0 Å². The highest BCUT2D eigenvalue weighted by atomic mass is 32.2. The smallest absolute Gasteiger partial charge is 0.132 e. The third kappa shape index (κ3) is 3.71. The highest BCUT2D eigenvalue weighted by molar-refractivity contribution is 7.98. The van der Waals surface area contributed by atoms with Crippen molar-refractivity contribution < 1.29 is 4.74 Å². The SMILES string of the molecule is COc1cc(CN2C[C@@H](N)[C@H](c3ccccc3)C2)ccc1SC. The minimum absolute atomic E-state index is 0.199. The van der Waals surface area contributed by atoms with Crippen molar-refractivity contribution in [1.82, 2.24) is 4.90 Å². The topological polar surface area (TPSA) is 38.5 Å². The first-order valence-corrected chi connectivity index (χ1v) is 9.17. The van der Waals surface area contributed by atoms with E-state index in [2.05, 4.69) is 59.7 Å². The average Bonchev–Trinajstić information content (AvgIpc) is 2.95. The van der Waals surface area contributed by atoms with Gasteiger partial charge >= 0.3 is 0 Å². The van der Waals surface area contributed by atoms with Crippen LogP contribution in [-0.4, -0.2) is 37.4 Å². The zero-order valence-corrected chi connectivity index (χ0v) is 14.6. The molecule has 0 spiro atoms. The molecule has 0 saturated carbocycles.